The SMILES string of the molecule is CCc1cc(OCC=C(Cl)Cl)c(CC)c(CC)c1OCCCCCCON=C(C)C. The van der Waals surface area contributed by atoms with Gasteiger partial charge in [-0.1, -0.05) is 49.1 Å². The summed E-state index contributed by atoms with van der Waals surface area (Å²) in [5, 5.41) is 3.95. The third-order valence-corrected chi connectivity index (χ3v) is 5.03. The fourth-order valence-corrected chi connectivity index (χ4v) is 3.41. The number of nitrogens with zero attached hydrogens (tertiary/aromatic N) is 1. The van der Waals surface area contributed by atoms with Gasteiger partial charge in [-0.25, -0.2) is 0 Å². The maximum atomic E-state index is 6.29. The van der Waals surface area contributed by atoms with Crippen LogP contribution in [-0.2, 0) is 24.1 Å². The number of unbranched alkanes of at least 4 members (excludes halogenated alkanes) is 3. The van der Waals surface area contributed by atoms with E-state index in [0.29, 0.717) is 13.2 Å². The van der Waals surface area contributed by atoms with Crippen molar-refractivity contribution in [3.8, 4) is 11.5 Å². The van der Waals surface area contributed by atoms with Crippen LogP contribution in [0.4, 0.5) is 0 Å². The van der Waals surface area contributed by atoms with Crippen LogP contribution < -0.4 is 9.47 Å². The summed E-state index contributed by atoms with van der Waals surface area (Å²) in [6, 6.07) is 2.11. The summed E-state index contributed by atoms with van der Waals surface area (Å²) in [6.07, 6.45) is 8.63. The van der Waals surface area contributed by atoms with Gasteiger partial charge in [0.2, 0.25) is 0 Å². The zero-order valence-corrected chi connectivity index (χ0v) is 20.7. The van der Waals surface area contributed by atoms with E-state index in [4.69, 9.17) is 37.5 Å². The van der Waals surface area contributed by atoms with Gasteiger partial charge in [0, 0.05) is 11.1 Å². The lowest BCUT2D eigenvalue weighted by molar-refractivity contribution is 0.139. The van der Waals surface area contributed by atoms with Crippen molar-refractivity contribution in [3.05, 3.63) is 33.3 Å². The third kappa shape index (κ3) is 9.61. The van der Waals surface area contributed by atoms with Gasteiger partial charge in [0.25, 0.3) is 0 Å². The molecule has 0 bridgehead atoms. The minimum absolute atomic E-state index is 0.221. The highest BCUT2D eigenvalue weighted by atomic mass is 35.5. The monoisotopic (exact) mass is 457 g/mol. The molecule has 170 valence electrons. The highest BCUT2D eigenvalue weighted by Crippen LogP contribution is 2.36. The van der Waals surface area contributed by atoms with Crippen LogP contribution >= 0.6 is 23.2 Å². The minimum atomic E-state index is 0.221. The lowest BCUT2D eigenvalue weighted by Gasteiger charge is -2.21. The molecule has 0 unspecified atom stereocenters. The molecule has 6 heteroatoms. The summed E-state index contributed by atoms with van der Waals surface area (Å²) in [4.78, 5) is 5.24. The Kier molecular flexibility index (Phi) is 13.7. The molecule has 0 spiro atoms. The van der Waals surface area contributed by atoms with Gasteiger partial charge < -0.3 is 14.3 Å². The van der Waals surface area contributed by atoms with Gasteiger partial charge in [0.05, 0.1) is 12.3 Å². The summed E-state index contributed by atoms with van der Waals surface area (Å²) < 4.78 is 12.5. The summed E-state index contributed by atoms with van der Waals surface area (Å²) in [5.41, 5.74) is 4.58. The van der Waals surface area contributed by atoms with Crippen LogP contribution in [-0.4, -0.2) is 25.5 Å². The molecule has 1 rings (SSSR count). The van der Waals surface area contributed by atoms with Crippen molar-refractivity contribution < 1.29 is 14.3 Å². The molecular formula is C24H37Cl2NO3. The Hall–Kier alpha value is -1.39. The number of ether oxygens (including phenoxy) is 2. The first-order valence-electron chi connectivity index (χ1n) is 11.0. The Bertz CT molecular complexity index is 694. The van der Waals surface area contributed by atoms with Crippen molar-refractivity contribution in [3.63, 3.8) is 0 Å². The predicted octanol–water partition coefficient (Wildman–Crippen LogP) is 7.42. The maximum Gasteiger partial charge on any atom is 0.126 e. The smallest absolute Gasteiger partial charge is 0.126 e. The molecule has 0 aliphatic carbocycles. The maximum absolute atomic E-state index is 6.29. The molecule has 0 fully saturated rings. The van der Waals surface area contributed by atoms with E-state index in [2.05, 4.69) is 32.0 Å². The van der Waals surface area contributed by atoms with E-state index in [-0.39, 0.29) is 4.49 Å². The molecule has 1 aromatic rings. The first-order chi connectivity index (χ1) is 14.4. The van der Waals surface area contributed by atoms with E-state index in [9.17, 15) is 0 Å². The lowest BCUT2D eigenvalue weighted by Crippen LogP contribution is -2.08. The van der Waals surface area contributed by atoms with Gasteiger partial charge in [-0.05, 0) is 76.5 Å². The summed E-state index contributed by atoms with van der Waals surface area (Å²) in [7, 11) is 0. The molecule has 0 heterocycles. The molecule has 1 aromatic carbocycles. The van der Waals surface area contributed by atoms with Crippen molar-refractivity contribution in [2.75, 3.05) is 19.8 Å². The van der Waals surface area contributed by atoms with Crippen LogP contribution in [0.2, 0.25) is 0 Å². The van der Waals surface area contributed by atoms with E-state index in [1.54, 1.807) is 6.08 Å². The van der Waals surface area contributed by atoms with Crippen LogP contribution in [0.1, 0.15) is 77.0 Å². The van der Waals surface area contributed by atoms with E-state index in [1.165, 1.54) is 16.7 Å². The molecule has 4 nitrogen and oxygen atoms in total. The Balaban J connectivity index is 2.70. The summed E-state index contributed by atoms with van der Waals surface area (Å²) in [5.74, 6) is 1.93. The number of hydrogen-bond donors (Lipinski definition) is 0. The number of halogens is 2. The van der Waals surface area contributed by atoms with E-state index < -0.39 is 0 Å². The molecule has 0 saturated carbocycles. The van der Waals surface area contributed by atoms with E-state index in [1.807, 2.05) is 13.8 Å². The third-order valence-electron chi connectivity index (χ3n) is 4.72. The molecule has 0 aromatic heterocycles. The van der Waals surface area contributed by atoms with Crippen molar-refractivity contribution >= 4 is 28.9 Å². The van der Waals surface area contributed by atoms with Crippen molar-refractivity contribution in [2.24, 2.45) is 5.16 Å². The van der Waals surface area contributed by atoms with Crippen LogP contribution in [0.25, 0.3) is 0 Å². The Morgan fingerprint density at radius 1 is 0.900 bits per heavy atom. The fourth-order valence-electron chi connectivity index (χ4n) is 3.29. The second-order valence-corrected chi connectivity index (χ2v) is 8.33. The molecule has 0 aliphatic rings. The number of aryl methyl sites for hydroxylation is 1. The average molecular weight is 458 g/mol. The van der Waals surface area contributed by atoms with Crippen LogP contribution in [0.5, 0.6) is 11.5 Å². The van der Waals surface area contributed by atoms with Crippen LogP contribution in [0.3, 0.4) is 0 Å². The molecule has 30 heavy (non-hydrogen) atoms. The largest absolute Gasteiger partial charge is 0.493 e. The Labute approximate surface area is 192 Å². The van der Waals surface area contributed by atoms with Gasteiger partial charge in [0.15, 0.2) is 0 Å². The van der Waals surface area contributed by atoms with Crippen LogP contribution in [0.15, 0.2) is 21.8 Å². The second kappa shape index (κ2) is 15.4. The highest BCUT2D eigenvalue weighted by molar-refractivity contribution is 6.55. The Morgan fingerprint density at radius 2 is 1.57 bits per heavy atom. The van der Waals surface area contributed by atoms with Crippen molar-refractivity contribution in [1.82, 2.24) is 0 Å². The average Bonchev–Trinajstić information content (AvgIpc) is 2.71. The number of benzene rings is 1. The predicted molar refractivity (Wildman–Crippen MR) is 129 cm³/mol. The van der Waals surface area contributed by atoms with Gasteiger partial charge in [0.1, 0.15) is 29.2 Å². The minimum Gasteiger partial charge on any atom is -0.493 e. The molecule has 0 saturated heterocycles. The molecule has 0 atom stereocenters. The van der Waals surface area contributed by atoms with Gasteiger partial charge in [-0.3, -0.25) is 0 Å². The van der Waals surface area contributed by atoms with Crippen molar-refractivity contribution in [2.45, 2.75) is 79.6 Å². The number of oxime groups is 1. The number of hydrogen-bond acceptors (Lipinski definition) is 4. The fraction of sp³-hybridized carbons (Fsp3) is 0.625. The quantitative estimate of drug-likeness (QED) is 0.156. The van der Waals surface area contributed by atoms with Gasteiger partial charge >= 0.3 is 0 Å². The number of rotatable bonds is 15. The van der Waals surface area contributed by atoms with Gasteiger partial charge in [-0.2, -0.15) is 0 Å². The normalized spacial score (nSPS) is 10.5. The second-order valence-electron chi connectivity index (χ2n) is 7.32. The van der Waals surface area contributed by atoms with E-state index >= 15 is 0 Å². The molecule has 0 aliphatic heterocycles. The molecule has 0 N–H and O–H groups in total. The van der Waals surface area contributed by atoms with Crippen molar-refractivity contribution in [1.29, 1.82) is 0 Å². The molecule has 0 amide bonds. The lowest BCUT2D eigenvalue weighted by atomic mass is 9.96. The first-order valence-corrected chi connectivity index (χ1v) is 11.8. The van der Waals surface area contributed by atoms with Gasteiger partial charge in [-0.15, -0.1) is 0 Å². The zero-order chi connectivity index (χ0) is 22.4. The first kappa shape index (κ1) is 26.6. The summed E-state index contributed by atoms with van der Waals surface area (Å²) >= 11 is 11.4. The Morgan fingerprint density at radius 3 is 2.13 bits per heavy atom. The zero-order valence-electron chi connectivity index (χ0n) is 19.2. The molecule has 0 radical (unpaired) electrons. The molecular weight excluding hydrogens is 421 g/mol. The topological polar surface area (TPSA) is 40.0 Å². The van der Waals surface area contributed by atoms with E-state index in [0.717, 1.165) is 68.8 Å². The standard InChI is InChI=1S/C24H37Cl2NO3/c1-6-19-17-22(28-16-13-23(25)26)20(7-2)21(8-3)24(19)29-14-11-9-10-12-15-30-27-18(4)5/h13,17H,6-12,14-16H2,1-5H3. The summed E-state index contributed by atoms with van der Waals surface area (Å²) in [6.45, 7) is 12.1. The highest BCUT2D eigenvalue weighted by Gasteiger charge is 2.17. The van der Waals surface area contributed by atoms with Crippen LogP contribution in [0, 0.1) is 0 Å².